The highest BCUT2D eigenvalue weighted by molar-refractivity contribution is 6.09. The molecule has 6 aromatic rings. The smallest absolute Gasteiger partial charge is 0.329 e. The van der Waals surface area contributed by atoms with Crippen molar-refractivity contribution in [1.29, 1.82) is 0 Å². The standard InChI is InChI=1S/C51H49F3N12O5/c1-60-40-21-31(9-12-34(40)46(59-60)65-18-14-42(67)58-49(65)71)37-13-17-61(28-51(37,53)54)23-43(68)64-26-50(27-64)24-63(25-50)33-10-7-30(8-11-33)32-19-35-36(38(52)20-32)22-66(48(35)70)45(44-39-5-4-16-62(39)29-56-44)47(69)57-41-6-2-3-15-55-41/h2-3,6-12,15,19-21,29,37,45H,4-5,13-14,16-18,22-28H2,1H3,(H,55,57,69)(H,58,67,71). The van der Waals surface area contributed by atoms with Gasteiger partial charge in [-0.3, -0.25) is 39.0 Å². The van der Waals surface area contributed by atoms with Crippen molar-refractivity contribution in [3.05, 3.63) is 119 Å². The van der Waals surface area contributed by atoms with Crippen LogP contribution in [0.4, 0.5) is 35.3 Å². The maximum atomic E-state index is 16.0. The van der Waals surface area contributed by atoms with Crippen molar-refractivity contribution in [2.45, 2.75) is 56.7 Å². The van der Waals surface area contributed by atoms with Gasteiger partial charge < -0.3 is 24.6 Å². The van der Waals surface area contributed by atoms with Crippen LogP contribution < -0.4 is 20.4 Å². The first kappa shape index (κ1) is 44.6. The highest BCUT2D eigenvalue weighted by Gasteiger charge is 2.54. The Morgan fingerprint density at radius 3 is 2.48 bits per heavy atom. The minimum atomic E-state index is -3.10. The lowest BCUT2D eigenvalue weighted by molar-refractivity contribution is -0.149. The molecular weight excluding hydrogens is 918 g/mol. The van der Waals surface area contributed by atoms with Gasteiger partial charge >= 0.3 is 6.03 Å². The zero-order valence-electron chi connectivity index (χ0n) is 38.8. The minimum Gasteiger partial charge on any atom is -0.370 e. The number of hydrogen-bond donors (Lipinski definition) is 2. The summed E-state index contributed by atoms with van der Waals surface area (Å²) < 4.78 is 51.4. The van der Waals surface area contributed by atoms with Crippen molar-refractivity contribution in [2.24, 2.45) is 12.5 Å². The first-order valence-corrected chi connectivity index (χ1v) is 23.9. The van der Waals surface area contributed by atoms with Crippen molar-refractivity contribution in [3.63, 3.8) is 0 Å². The van der Waals surface area contributed by atoms with Gasteiger partial charge in [-0.2, -0.15) is 5.10 Å². The van der Waals surface area contributed by atoms with Gasteiger partial charge in [-0.25, -0.2) is 27.9 Å². The minimum absolute atomic E-state index is 0.0802. The van der Waals surface area contributed by atoms with Crippen molar-refractivity contribution < 1.29 is 37.1 Å². The number of nitrogens with zero attached hydrogens (tertiary/aromatic N) is 10. The largest absolute Gasteiger partial charge is 0.370 e. The monoisotopic (exact) mass is 966 g/mol. The van der Waals surface area contributed by atoms with E-state index in [1.165, 1.54) is 15.9 Å². The molecule has 2 N–H and O–H groups in total. The molecule has 0 bridgehead atoms. The molecular formula is C51H49F3N12O5. The van der Waals surface area contributed by atoms with E-state index in [9.17, 15) is 24.0 Å². The summed E-state index contributed by atoms with van der Waals surface area (Å²) in [5, 5.41) is 10.2. The molecule has 20 heteroatoms. The highest BCUT2D eigenvalue weighted by Crippen LogP contribution is 2.45. The quantitative estimate of drug-likeness (QED) is 0.179. The van der Waals surface area contributed by atoms with Gasteiger partial charge in [0.15, 0.2) is 11.9 Å². The van der Waals surface area contributed by atoms with Crippen LogP contribution in [0.2, 0.25) is 0 Å². The second-order valence-electron chi connectivity index (χ2n) is 19.8. The van der Waals surface area contributed by atoms with Crippen LogP contribution in [0.1, 0.15) is 64.1 Å². The van der Waals surface area contributed by atoms with Crippen LogP contribution in [0.5, 0.6) is 0 Å². The lowest BCUT2D eigenvalue weighted by Crippen LogP contribution is -2.73. The fourth-order valence-corrected chi connectivity index (χ4v) is 11.6. The molecule has 12 rings (SSSR count). The van der Waals surface area contributed by atoms with Crippen LogP contribution in [-0.4, -0.2) is 127 Å². The Kier molecular flexibility index (Phi) is 10.5. The first-order valence-electron chi connectivity index (χ1n) is 23.9. The number of urea groups is 1. The Morgan fingerprint density at radius 1 is 0.901 bits per heavy atom. The Morgan fingerprint density at radius 2 is 1.72 bits per heavy atom. The lowest BCUT2D eigenvalue weighted by Gasteiger charge is -2.61. The molecule has 9 heterocycles. The molecule has 17 nitrogen and oxygen atoms in total. The van der Waals surface area contributed by atoms with E-state index >= 15 is 13.2 Å². The van der Waals surface area contributed by atoms with Crippen LogP contribution in [0.3, 0.4) is 0 Å². The summed E-state index contributed by atoms with van der Waals surface area (Å²) in [6.45, 7) is 3.08. The number of pyridine rings is 1. The molecule has 364 valence electrons. The van der Waals surface area contributed by atoms with Gasteiger partial charge in [0.05, 0.1) is 43.1 Å². The van der Waals surface area contributed by atoms with Crippen LogP contribution in [0.25, 0.3) is 22.0 Å². The number of hydrogen-bond acceptors (Lipinski definition) is 10. The number of aryl methyl sites for hydroxylation is 2. The van der Waals surface area contributed by atoms with E-state index in [0.717, 1.165) is 43.0 Å². The molecule has 6 aliphatic rings. The first-order chi connectivity index (χ1) is 34.2. The molecule has 4 saturated heterocycles. The number of piperidine rings is 1. The molecule has 6 amide bonds. The summed E-state index contributed by atoms with van der Waals surface area (Å²) in [6, 6.07) is 19.3. The topological polar surface area (TPSA) is 174 Å². The van der Waals surface area contributed by atoms with Crippen molar-refractivity contribution >= 4 is 57.9 Å². The number of amides is 6. The highest BCUT2D eigenvalue weighted by atomic mass is 19.3. The summed E-state index contributed by atoms with van der Waals surface area (Å²) in [4.78, 5) is 82.9. The molecule has 0 aliphatic carbocycles. The number of likely N-dealkylation sites (tertiary alicyclic amines) is 2. The van der Waals surface area contributed by atoms with Gasteiger partial charge in [-0.05, 0) is 91.0 Å². The van der Waals surface area contributed by atoms with Gasteiger partial charge in [-0.1, -0.05) is 24.3 Å². The number of alkyl halides is 2. The van der Waals surface area contributed by atoms with Crippen LogP contribution >= 0.6 is 0 Å². The molecule has 0 saturated carbocycles. The molecule has 2 atom stereocenters. The molecule has 3 aromatic heterocycles. The number of halogens is 3. The number of imidazole rings is 1. The number of aromatic nitrogens is 5. The van der Waals surface area contributed by atoms with E-state index in [4.69, 9.17) is 0 Å². The number of carbonyl (C=O) groups excluding carboxylic acids is 5. The lowest BCUT2D eigenvalue weighted by atomic mass is 9.72. The average Bonchev–Trinajstić information content (AvgIpc) is 4.10. The van der Waals surface area contributed by atoms with Crippen LogP contribution in [0, 0.1) is 11.2 Å². The molecule has 3 aromatic carbocycles. The third kappa shape index (κ3) is 7.75. The summed E-state index contributed by atoms with van der Waals surface area (Å²) in [6.07, 6.45) is 5.15. The normalized spacial score (nSPS) is 20.7. The zero-order chi connectivity index (χ0) is 48.9. The average molecular weight is 967 g/mol. The second kappa shape index (κ2) is 16.8. The predicted octanol–water partition coefficient (Wildman–Crippen LogP) is 5.47. The number of carbonyl (C=O) groups is 5. The van der Waals surface area contributed by atoms with E-state index < -0.39 is 48.1 Å². The molecule has 4 fully saturated rings. The van der Waals surface area contributed by atoms with E-state index in [1.807, 2.05) is 28.8 Å². The predicted molar refractivity (Wildman–Crippen MR) is 254 cm³/mol. The number of anilines is 3. The third-order valence-electron chi connectivity index (χ3n) is 15.2. The number of benzene rings is 3. The number of nitrogens with one attached hydrogen (secondary N) is 2. The summed E-state index contributed by atoms with van der Waals surface area (Å²) in [7, 11) is 1.69. The fraction of sp³-hybridized carbons (Fsp3) is 0.373. The Labute approximate surface area is 405 Å². The van der Waals surface area contributed by atoms with Crippen molar-refractivity contribution in [1.82, 2.24) is 44.3 Å². The Bertz CT molecular complexity index is 3180. The Hall–Kier alpha value is -7.61. The number of fused-ring (bicyclic) bond motifs is 3. The molecule has 2 unspecified atom stereocenters. The van der Waals surface area contributed by atoms with Gasteiger partial charge in [-0.15, -0.1) is 0 Å². The molecule has 71 heavy (non-hydrogen) atoms. The maximum absolute atomic E-state index is 16.0. The fourth-order valence-electron chi connectivity index (χ4n) is 11.6. The second-order valence-corrected chi connectivity index (χ2v) is 19.8. The van der Waals surface area contributed by atoms with E-state index in [2.05, 4.69) is 30.6 Å². The number of rotatable bonds is 10. The zero-order valence-corrected chi connectivity index (χ0v) is 38.8. The van der Waals surface area contributed by atoms with Crippen LogP contribution in [-0.2, 0) is 40.9 Å². The molecule has 1 spiro atoms. The summed E-state index contributed by atoms with van der Waals surface area (Å²) >= 11 is 0. The third-order valence-corrected chi connectivity index (χ3v) is 15.2. The van der Waals surface area contributed by atoms with Crippen molar-refractivity contribution in [2.75, 3.05) is 67.5 Å². The van der Waals surface area contributed by atoms with Gasteiger partial charge in [0.2, 0.25) is 11.8 Å². The molecule has 6 aliphatic heterocycles. The SMILES string of the molecule is Cn1nc(N2CCC(=O)NC2=O)c2ccc(C3CCN(CC(=O)N4CC5(C4)CN(c4ccc(-c6cc(F)c7c(c6)C(=O)N(C(C(=O)Nc6ccccn6)c6ncn8c6CCC8)C7)cc4)C5)CC3(F)F)cc21. The van der Waals surface area contributed by atoms with E-state index in [-0.39, 0.29) is 60.8 Å². The van der Waals surface area contributed by atoms with Gasteiger partial charge in [0, 0.05) is 92.2 Å². The van der Waals surface area contributed by atoms with E-state index in [0.29, 0.717) is 65.4 Å². The maximum Gasteiger partial charge on any atom is 0.329 e. The van der Waals surface area contributed by atoms with Gasteiger partial charge in [0.1, 0.15) is 11.6 Å². The van der Waals surface area contributed by atoms with Crippen LogP contribution in [0.15, 0.2) is 85.3 Å². The summed E-state index contributed by atoms with van der Waals surface area (Å²) in [5.74, 6) is -5.47. The summed E-state index contributed by atoms with van der Waals surface area (Å²) in [5.41, 5.74) is 4.97. The van der Waals surface area contributed by atoms with Gasteiger partial charge in [0.25, 0.3) is 17.7 Å². The van der Waals surface area contributed by atoms with E-state index in [1.54, 1.807) is 76.5 Å². The number of imide groups is 1. The van der Waals surface area contributed by atoms with Crippen molar-refractivity contribution in [3.8, 4) is 11.1 Å². The molecule has 0 radical (unpaired) electrons. The Balaban J connectivity index is 0.652.